The second kappa shape index (κ2) is 7.75. The molecule has 0 aliphatic rings. The summed E-state index contributed by atoms with van der Waals surface area (Å²) in [4.78, 5) is 11.9. The lowest BCUT2D eigenvalue weighted by molar-refractivity contribution is -0.122. The molecule has 2 unspecified atom stereocenters. The summed E-state index contributed by atoms with van der Waals surface area (Å²) in [6.45, 7) is 3.90. The summed E-state index contributed by atoms with van der Waals surface area (Å²) >= 11 is 0. The van der Waals surface area contributed by atoms with Gasteiger partial charge in [-0.05, 0) is 37.0 Å². The Kier molecular flexibility index (Phi) is 5.72. The molecule has 0 saturated heterocycles. The predicted molar refractivity (Wildman–Crippen MR) is 85.7 cm³/mol. The Bertz CT molecular complexity index is 595. The summed E-state index contributed by atoms with van der Waals surface area (Å²) in [6, 6.07) is 9.85. The number of rotatable bonds is 7. The summed E-state index contributed by atoms with van der Waals surface area (Å²) in [5.74, 6) is 0.0602. The van der Waals surface area contributed by atoms with Crippen LogP contribution in [0.3, 0.4) is 0 Å². The Morgan fingerprint density at radius 3 is 2.73 bits per heavy atom. The zero-order valence-electron chi connectivity index (χ0n) is 13.1. The van der Waals surface area contributed by atoms with E-state index in [0.29, 0.717) is 12.8 Å². The minimum Gasteiger partial charge on any atom is -0.396 e. The van der Waals surface area contributed by atoms with E-state index in [9.17, 15) is 4.79 Å². The van der Waals surface area contributed by atoms with Crippen LogP contribution in [0.2, 0.25) is 0 Å². The van der Waals surface area contributed by atoms with Crippen LogP contribution in [0, 0.1) is 5.92 Å². The number of aliphatic hydroxyl groups is 1. The van der Waals surface area contributed by atoms with Crippen LogP contribution >= 0.6 is 0 Å². The molecular weight excluding hydrogens is 278 g/mol. The molecular formula is C17H23N3O2. The fraction of sp³-hybridized carbons (Fsp3) is 0.412. The van der Waals surface area contributed by atoms with Gasteiger partial charge in [-0.15, -0.1) is 0 Å². The second-order valence-electron chi connectivity index (χ2n) is 5.64. The van der Waals surface area contributed by atoms with E-state index in [2.05, 4.69) is 10.4 Å². The van der Waals surface area contributed by atoms with Crippen molar-refractivity contribution in [2.45, 2.75) is 32.7 Å². The largest absolute Gasteiger partial charge is 0.396 e. The number of aliphatic hydroxyl groups excluding tert-OH is 1. The molecule has 1 aromatic carbocycles. The molecule has 118 valence electrons. The number of hydrogen-bond acceptors (Lipinski definition) is 3. The zero-order valence-corrected chi connectivity index (χ0v) is 13.1. The first-order chi connectivity index (χ1) is 10.6. The first-order valence-electron chi connectivity index (χ1n) is 7.59. The lowest BCUT2D eigenvalue weighted by atomic mass is 10.0. The van der Waals surface area contributed by atoms with Gasteiger partial charge in [-0.25, -0.2) is 4.68 Å². The molecule has 0 aliphatic heterocycles. The molecule has 0 aliphatic carbocycles. The SMILES string of the molecule is CC(CO)C(C)NC(=O)CCc1cnn(-c2ccccc2)c1. The number of nitrogens with zero attached hydrogens (tertiary/aromatic N) is 2. The highest BCUT2D eigenvalue weighted by atomic mass is 16.3. The minimum absolute atomic E-state index is 0.000242. The van der Waals surface area contributed by atoms with E-state index in [1.54, 1.807) is 6.20 Å². The highest BCUT2D eigenvalue weighted by molar-refractivity contribution is 5.76. The number of amides is 1. The highest BCUT2D eigenvalue weighted by Crippen LogP contribution is 2.09. The van der Waals surface area contributed by atoms with Gasteiger partial charge in [0.25, 0.3) is 0 Å². The maximum atomic E-state index is 11.9. The standard InChI is InChI=1S/C17H23N3O2/c1-13(12-21)14(2)19-17(22)9-8-15-10-18-20(11-15)16-6-4-3-5-7-16/h3-7,10-11,13-14,21H,8-9,12H2,1-2H3,(H,19,22). The fourth-order valence-corrected chi connectivity index (χ4v) is 2.10. The molecule has 0 saturated carbocycles. The van der Waals surface area contributed by atoms with Crippen LogP contribution in [0.25, 0.3) is 5.69 Å². The van der Waals surface area contributed by atoms with Crippen molar-refractivity contribution in [3.05, 3.63) is 48.3 Å². The van der Waals surface area contributed by atoms with Crippen LogP contribution < -0.4 is 5.32 Å². The fourth-order valence-electron chi connectivity index (χ4n) is 2.10. The normalized spacial score (nSPS) is 13.6. The molecule has 0 fully saturated rings. The van der Waals surface area contributed by atoms with Crippen molar-refractivity contribution >= 4 is 5.91 Å². The summed E-state index contributed by atoms with van der Waals surface area (Å²) in [6.07, 6.45) is 4.81. The molecule has 0 spiro atoms. The molecule has 22 heavy (non-hydrogen) atoms. The zero-order chi connectivity index (χ0) is 15.9. The smallest absolute Gasteiger partial charge is 0.220 e. The van der Waals surface area contributed by atoms with E-state index in [4.69, 9.17) is 5.11 Å². The van der Waals surface area contributed by atoms with Gasteiger partial charge in [0.2, 0.25) is 5.91 Å². The van der Waals surface area contributed by atoms with Gasteiger partial charge in [0.05, 0.1) is 11.9 Å². The molecule has 5 nitrogen and oxygen atoms in total. The monoisotopic (exact) mass is 301 g/mol. The Morgan fingerprint density at radius 1 is 1.32 bits per heavy atom. The van der Waals surface area contributed by atoms with Crippen molar-refractivity contribution in [1.82, 2.24) is 15.1 Å². The van der Waals surface area contributed by atoms with E-state index in [1.807, 2.05) is 55.1 Å². The van der Waals surface area contributed by atoms with Gasteiger partial charge in [-0.2, -0.15) is 5.10 Å². The van der Waals surface area contributed by atoms with Crippen molar-refractivity contribution in [3.8, 4) is 5.69 Å². The first kappa shape index (κ1) is 16.2. The Balaban J connectivity index is 1.85. The molecule has 5 heteroatoms. The molecule has 1 amide bonds. The van der Waals surface area contributed by atoms with Crippen LogP contribution in [0.15, 0.2) is 42.7 Å². The summed E-state index contributed by atoms with van der Waals surface area (Å²) < 4.78 is 1.81. The Hall–Kier alpha value is -2.14. The van der Waals surface area contributed by atoms with Crippen molar-refractivity contribution in [3.63, 3.8) is 0 Å². The van der Waals surface area contributed by atoms with Gasteiger partial charge in [-0.1, -0.05) is 25.1 Å². The number of nitrogens with one attached hydrogen (secondary N) is 1. The van der Waals surface area contributed by atoms with Crippen molar-refractivity contribution < 1.29 is 9.90 Å². The third-order valence-electron chi connectivity index (χ3n) is 3.83. The van der Waals surface area contributed by atoms with Gasteiger partial charge < -0.3 is 10.4 Å². The lowest BCUT2D eigenvalue weighted by Gasteiger charge is -2.19. The van der Waals surface area contributed by atoms with E-state index < -0.39 is 0 Å². The van der Waals surface area contributed by atoms with Crippen LogP contribution in [-0.4, -0.2) is 33.4 Å². The van der Waals surface area contributed by atoms with Gasteiger partial charge >= 0.3 is 0 Å². The van der Waals surface area contributed by atoms with Gasteiger partial charge in [-0.3, -0.25) is 4.79 Å². The van der Waals surface area contributed by atoms with E-state index >= 15 is 0 Å². The number of benzene rings is 1. The van der Waals surface area contributed by atoms with Crippen LogP contribution in [0.1, 0.15) is 25.8 Å². The number of aromatic nitrogens is 2. The summed E-state index contributed by atoms with van der Waals surface area (Å²) in [5, 5.41) is 16.3. The molecule has 0 radical (unpaired) electrons. The Labute approximate surface area is 131 Å². The van der Waals surface area contributed by atoms with Crippen LogP contribution in [-0.2, 0) is 11.2 Å². The third-order valence-corrected chi connectivity index (χ3v) is 3.83. The number of carbonyl (C=O) groups excluding carboxylic acids is 1. The number of hydrogen-bond donors (Lipinski definition) is 2. The summed E-state index contributed by atoms with van der Waals surface area (Å²) in [5.41, 5.74) is 2.03. The van der Waals surface area contributed by atoms with Gasteiger partial charge in [0.1, 0.15) is 0 Å². The number of para-hydroxylation sites is 1. The second-order valence-corrected chi connectivity index (χ2v) is 5.64. The molecule has 2 N–H and O–H groups in total. The molecule has 0 bridgehead atoms. The van der Waals surface area contributed by atoms with Crippen LogP contribution in [0.5, 0.6) is 0 Å². The third kappa shape index (κ3) is 4.43. The van der Waals surface area contributed by atoms with Crippen molar-refractivity contribution in [1.29, 1.82) is 0 Å². The summed E-state index contributed by atoms with van der Waals surface area (Å²) in [7, 11) is 0. The first-order valence-corrected chi connectivity index (χ1v) is 7.59. The molecule has 2 rings (SSSR count). The van der Waals surface area contributed by atoms with E-state index in [1.165, 1.54) is 0 Å². The minimum atomic E-state index is -0.0236. The van der Waals surface area contributed by atoms with Gasteiger partial charge in [0.15, 0.2) is 0 Å². The van der Waals surface area contributed by atoms with Crippen molar-refractivity contribution in [2.75, 3.05) is 6.61 Å². The number of aryl methyl sites for hydroxylation is 1. The highest BCUT2D eigenvalue weighted by Gasteiger charge is 2.14. The predicted octanol–water partition coefficient (Wildman–Crippen LogP) is 1.94. The van der Waals surface area contributed by atoms with E-state index in [0.717, 1.165) is 11.3 Å². The quantitative estimate of drug-likeness (QED) is 0.821. The molecule has 1 aromatic heterocycles. The average molecular weight is 301 g/mol. The lowest BCUT2D eigenvalue weighted by Crippen LogP contribution is -2.38. The topological polar surface area (TPSA) is 67.2 Å². The van der Waals surface area contributed by atoms with Crippen molar-refractivity contribution in [2.24, 2.45) is 5.92 Å². The van der Waals surface area contributed by atoms with E-state index in [-0.39, 0.29) is 24.5 Å². The average Bonchev–Trinajstić information content (AvgIpc) is 3.02. The molecule has 2 aromatic rings. The van der Waals surface area contributed by atoms with Crippen LogP contribution in [0.4, 0.5) is 0 Å². The Morgan fingerprint density at radius 2 is 2.05 bits per heavy atom. The maximum Gasteiger partial charge on any atom is 0.220 e. The molecule has 2 atom stereocenters. The van der Waals surface area contributed by atoms with Gasteiger partial charge in [0, 0.05) is 25.3 Å². The number of carbonyl (C=O) groups is 1. The molecule has 1 heterocycles. The maximum absolute atomic E-state index is 11.9.